The SMILES string of the molecule is CC(C)(C)OC(=O)C[C@@H](CC(=O)OCc1ccccc1)C(N)=O. The van der Waals surface area contributed by atoms with E-state index < -0.39 is 29.4 Å². The van der Waals surface area contributed by atoms with Gasteiger partial charge in [-0.3, -0.25) is 14.4 Å². The van der Waals surface area contributed by atoms with Gasteiger partial charge in [0, 0.05) is 0 Å². The van der Waals surface area contributed by atoms with Gasteiger partial charge in [-0.15, -0.1) is 0 Å². The molecule has 1 atom stereocenters. The highest BCUT2D eigenvalue weighted by Gasteiger charge is 2.26. The Bertz CT molecular complexity index is 548. The summed E-state index contributed by atoms with van der Waals surface area (Å²) in [7, 11) is 0. The van der Waals surface area contributed by atoms with E-state index in [1.54, 1.807) is 20.8 Å². The summed E-state index contributed by atoms with van der Waals surface area (Å²) in [6, 6.07) is 9.16. The monoisotopic (exact) mass is 321 g/mol. The van der Waals surface area contributed by atoms with Crippen molar-refractivity contribution in [3.8, 4) is 0 Å². The van der Waals surface area contributed by atoms with Crippen LogP contribution in [0.5, 0.6) is 0 Å². The molecule has 0 aliphatic carbocycles. The lowest BCUT2D eigenvalue weighted by molar-refractivity contribution is -0.158. The molecule has 1 rings (SSSR count). The van der Waals surface area contributed by atoms with Crippen LogP contribution in [0.4, 0.5) is 0 Å². The van der Waals surface area contributed by atoms with Crippen LogP contribution in [0.25, 0.3) is 0 Å². The minimum absolute atomic E-state index is 0.109. The molecule has 2 N–H and O–H groups in total. The average Bonchev–Trinajstić information content (AvgIpc) is 2.43. The second-order valence-corrected chi connectivity index (χ2v) is 6.24. The smallest absolute Gasteiger partial charge is 0.307 e. The van der Waals surface area contributed by atoms with Gasteiger partial charge in [-0.1, -0.05) is 30.3 Å². The Labute approximate surface area is 135 Å². The third kappa shape index (κ3) is 7.99. The molecule has 0 spiro atoms. The van der Waals surface area contributed by atoms with Gasteiger partial charge in [0.25, 0.3) is 0 Å². The Balaban J connectivity index is 2.50. The van der Waals surface area contributed by atoms with Crippen LogP contribution in [0.2, 0.25) is 0 Å². The molecular formula is C17H23NO5. The molecule has 0 heterocycles. The first kappa shape index (κ1) is 18.7. The van der Waals surface area contributed by atoms with Gasteiger partial charge in [-0.05, 0) is 26.3 Å². The molecule has 0 fully saturated rings. The molecule has 1 amide bonds. The maximum absolute atomic E-state index is 11.8. The lowest BCUT2D eigenvalue weighted by atomic mass is 10.0. The second kappa shape index (κ2) is 8.31. The van der Waals surface area contributed by atoms with Gasteiger partial charge >= 0.3 is 11.9 Å². The van der Waals surface area contributed by atoms with Gasteiger partial charge in [0.05, 0.1) is 18.8 Å². The van der Waals surface area contributed by atoms with Crippen molar-refractivity contribution >= 4 is 17.8 Å². The fraction of sp³-hybridized carbons (Fsp3) is 0.471. The second-order valence-electron chi connectivity index (χ2n) is 6.24. The maximum Gasteiger partial charge on any atom is 0.307 e. The number of hydrogen-bond donors (Lipinski definition) is 1. The fourth-order valence-electron chi connectivity index (χ4n) is 1.86. The molecule has 0 saturated heterocycles. The van der Waals surface area contributed by atoms with Gasteiger partial charge in [0.1, 0.15) is 12.2 Å². The molecule has 0 unspecified atom stereocenters. The average molecular weight is 321 g/mol. The Morgan fingerprint density at radius 1 is 1.04 bits per heavy atom. The molecule has 0 radical (unpaired) electrons. The van der Waals surface area contributed by atoms with Crippen LogP contribution in [0.15, 0.2) is 30.3 Å². The summed E-state index contributed by atoms with van der Waals surface area (Å²) in [6.07, 6.45) is -0.492. The highest BCUT2D eigenvalue weighted by molar-refractivity contribution is 5.86. The van der Waals surface area contributed by atoms with Crippen LogP contribution in [0.3, 0.4) is 0 Å². The van der Waals surface area contributed by atoms with Gasteiger partial charge in [-0.25, -0.2) is 0 Å². The van der Waals surface area contributed by atoms with E-state index in [9.17, 15) is 14.4 Å². The zero-order valence-corrected chi connectivity index (χ0v) is 13.7. The van der Waals surface area contributed by atoms with E-state index in [4.69, 9.17) is 15.2 Å². The number of ether oxygens (including phenoxy) is 2. The summed E-state index contributed by atoms with van der Waals surface area (Å²) < 4.78 is 10.2. The van der Waals surface area contributed by atoms with Crippen molar-refractivity contribution in [2.24, 2.45) is 11.7 Å². The van der Waals surface area contributed by atoms with E-state index >= 15 is 0 Å². The minimum atomic E-state index is -0.937. The van der Waals surface area contributed by atoms with E-state index in [1.807, 2.05) is 30.3 Å². The van der Waals surface area contributed by atoms with E-state index in [-0.39, 0.29) is 19.4 Å². The van der Waals surface area contributed by atoms with E-state index in [2.05, 4.69) is 0 Å². The number of rotatable bonds is 7. The van der Waals surface area contributed by atoms with Crippen molar-refractivity contribution in [3.05, 3.63) is 35.9 Å². The van der Waals surface area contributed by atoms with Crippen molar-refractivity contribution in [1.82, 2.24) is 0 Å². The number of amides is 1. The first-order chi connectivity index (χ1) is 10.7. The predicted molar refractivity (Wildman–Crippen MR) is 84.0 cm³/mol. The van der Waals surface area contributed by atoms with Crippen LogP contribution in [0, 0.1) is 5.92 Å². The van der Waals surface area contributed by atoms with Crippen molar-refractivity contribution in [3.63, 3.8) is 0 Å². The van der Waals surface area contributed by atoms with E-state index in [0.29, 0.717) is 0 Å². The van der Waals surface area contributed by atoms with Crippen LogP contribution in [0.1, 0.15) is 39.2 Å². The Morgan fingerprint density at radius 2 is 1.61 bits per heavy atom. The normalized spacial score (nSPS) is 12.3. The molecule has 1 aromatic rings. The quantitative estimate of drug-likeness (QED) is 0.774. The summed E-state index contributed by atoms with van der Waals surface area (Å²) >= 11 is 0. The Morgan fingerprint density at radius 3 is 2.13 bits per heavy atom. The molecule has 6 heteroatoms. The number of esters is 2. The summed E-state index contributed by atoms with van der Waals surface area (Å²) in [4.78, 5) is 35.0. The number of carbonyl (C=O) groups excluding carboxylic acids is 3. The molecule has 126 valence electrons. The topological polar surface area (TPSA) is 95.7 Å². The lowest BCUT2D eigenvalue weighted by Gasteiger charge is -2.21. The molecule has 0 bridgehead atoms. The molecular weight excluding hydrogens is 298 g/mol. The third-order valence-electron chi connectivity index (χ3n) is 2.89. The van der Waals surface area contributed by atoms with Gasteiger partial charge in [-0.2, -0.15) is 0 Å². The first-order valence-corrected chi connectivity index (χ1v) is 7.38. The predicted octanol–water partition coefficient (Wildman–Crippen LogP) is 1.95. The zero-order valence-electron chi connectivity index (χ0n) is 13.7. The minimum Gasteiger partial charge on any atom is -0.461 e. The van der Waals surface area contributed by atoms with Crippen LogP contribution < -0.4 is 5.73 Å². The lowest BCUT2D eigenvalue weighted by Crippen LogP contribution is -2.31. The van der Waals surface area contributed by atoms with Crippen LogP contribution in [-0.2, 0) is 30.5 Å². The highest BCUT2D eigenvalue weighted by atomic mass is 16.6. The molecule has 0 saturated carbocycles. The van der Waals surface area contributed by atoms with Crippen molar-refractivity contribution < 1.29 is 23.9 Å². The highest BCUT2D eigenvalue weighted by Crippen LogP contribution is 2.15. The summed E-state index contributed by atoms with van der Waals surface area (Å²) in [5, 5.41) is 0. The number of carbonyl (C=O) groups is 3. The molecule has 23 heavy (non-hydrogen) atoms. The van der Waals surface area contributed by atoms with Crippen molar-refractivity contribution in [2.75, 3.05) is 0 Å². The number of benzene rings is 1. The fourth-order valence-corrected chi connectivity index (χ4v) is 1.86. The van der Waals surface area contributed by atoms with Gasteiger partial charge in [0.15, 0.2) is 0 Å². The van der Waals surface area contributed by atoms with Gasteiger partial charge in [0.2, 0.25) is 5.91 Å². The molecule has 6 nitrogen and oxygen atoms in total. The summed E-state index contributed by atoms with van der Waals surface area (Å²) in [5.74, 6) is -2.82. The van der Waals surface area contributed by atoms with Crippen LogP contribution in [-0.4, -0.2) is 23.4 Å². The standard InChI is InChI=1S/C17H23NO5/c1-17(2,3)23-15(20)10-13(16(18)21)9-14(19)22-11-12-7-5-4-6-8-12/h4-8,13H,9-11H2,1-3H3,(H2,18,21)/t13-/m1/s1. The van der Waals surface area contributed by atoms with E-state index in [1.165, 1.54) is 0 Å². The van der Waals surface area contributed by atoms with Crippen LogP contribution >= 0.6 is 0 Å². The zero-order chi connectivity index (χ0) is 17.5. The summed E-state index contributed by atoms with van der Waals surface area (Å²) in [6.45, 7) is 5.27. The Kier molecular flexibility index (Phi) is 6.75. The Hall–Kier alpha value is -2.37. The number of primary amides is 1. The largest absolute Gasteiger partial charge is 0.461 e. The molecule has 0 aliphatic heterocycles. The first-order valence-electron chi connectivity index (χ1n) is 7.38. The van der Waals surface area contributed by atoms with E-state index in [0.717, 1.165) is 5.56 Å². The molecule has 0 aromatic heterocycles. The molecule has 0 aliphatic rings. The summed E-state index contributed by atoms with van der Waals surface area (Å²) in [5.41, 5.74) is 5.43. The van der Waals surface area contributed by atoms with Crippen molar-refractivity contribution in [1.29, 1.82) is 0 Å². The maximum atomic E-state index is 11.8. The molecule has 1 aromatic carbocycles. The third-order valence-corrected chi connectivity index (χ3v) is 2.89. The van der Waals surface area contributed by atoms with Crippen molar-refractivity contribution in [2.45, 2.75) is 45.8 Å². The number of nitrogens with two attached hydrogens (primary N) is 1. The van der Waals surface area contributed by atoms with Gasteiger partial charge < -0.3 is 15.2 Å². The number of hydrogen-bond acceptors (Lipinski definition) is 5.